The van der Waals surface area contributed by atoms with Crippen LogP contribution in [0.3, 0.4) is 0 Å². The lowest BCUT2D eigenvalue weighted by molar-refractivity contribution is 0.0877. The first kappa shape index (κ1) is 28.0. The molecule has 0 bridgehead atoms. The first-order valence-corrected chi connectivity index (χ1v) is 13.9. The van der Waals surface area contributed by atoms with Crippen LogP contribution in [0.4, 0.5) is 0 Å². The lowest BCUT2D eigenvalue weighted by Gasteiger charge is -2.20. The van der Waals surface area contributed by atoms with E-state index in [-0.39, 0.29) is 23.8 Å². The minimum Gasteiger partial charge on any atom is -0.396 e. The number of carbonyl (C=O) groups is 2. The maximum Gasteiger partial charge on any atom is 0.230 e. The number of aryl methyl sites for hydroxylation is 3. The van der Waals surface area contributed by atoms with E-state index in [1.54, 1.807) is 43.3 Å². The highest BCUT2D eigenvalue weighted by molar-refractivity contribution is 7.93. The van der Waals surface area contributed by atoms with Crippen molar-refractivity contribution in [2.75, 3.05) is 6.61 Å². The zero-order valence-corrected chi connectivity index (χ0v) is 22.6. The Morgan fingerprint density at radius 1 is 0.730 bits per heavy atom. The van der Waals surface area contributed by atoms with E-state index in [4.69, 9.17) is 5.11 Å². The fraction of sp³-hybridized carbons (Fsp3) is 0.188. The van der Waals surface area contributed by atoms with E-state index in [1.165, 1.54) is 0 Å². The molecule has 1 unspecified atom stereocenters. The van der Waals surface area contributed by atoms with Crippen molar-refractivity contribution < 1.29 is 19.3 Å². The predicted octanol–water partition coefficient (Wildman–Crippen LogP) is 6.26. The molecule has 0 aromatic heterocycles. The third-order valence-corrected chi connectivity index (χ3v) is 9.04. The molecular weight excluding hydrogens is 479 g/mol. The zero-order chi connectivity index (χ0) is 27.0. The quantitative estimate of drug-likeness (QED) is 0.234. The molecule has 1 atom stereocenters. The van der Waals surface area contributed by atoms with Crippen molar-refractivity contribution in [3.05, 3.63) is 131 Å². The summed E-state index contributed by atoms with van der Waals surface area (Å²) < 4.78 is 14.2. The van der Waals surface area contributed by atoms with Crippen molar-refractivity contribution in [1.29, 1.82) is 0 Å². The number of aliphatic hydroxyl groups excluding tert-OH is 1. The van der Waals surface area contributed by atoms with E-state index in [0.717, 1.165) is 16.7 Å². The SMILES string of the molecule is CC(CO)C(=O)c1ccccc1.Cc1cc(C)c(C(=O)P(=O)(c2ccccc2)c2ccccc2)c(C)c1. The topological polar surface area (TPSA) is 71.4 Å². The summed E-state index contributed by atoms with van der Waals surface area (Å²) in [5, 5.41) is 9.89. The highest BCUT2D eigenvalue weighted by atomic mass is 31.2. The Bertz CT molecular complexity index is 1330. The van der Waals surface area contributed by atoms with E-state index >= 15 is 0 Å². The van der Waals surface area contributed by atoms with Gasteiger partial charge in [0.1, 0.15) is 0 Å². The first-order valence-electron chi connectivity index (χ1n) is 12.2. The molecule has 0 radical (unpaired) electrons. The number of benzene rings is 4. The largest absolute Gasteiger partial charge is 0.396 e. The maximum atomic E-state index is 14.2. The number of hydrogen-bond donors (Lipinski definition) is 1. The number of carbonyl (C=O) groups excluding carboxylic acids is 2. The standard InChI is InChI=1S/C22H21O2P.C10H12O2/c1-16-14-17(2)21(18(3)15-16)22(23)25(24,19-10-6-4-7-11-19)20-12-8-5-9-13-20;1-8(7-11)10(12)9-5-3-2-4-6-9/h4-15H,1-3H3;2-6,8,11H,7H2,1H3. The van der Waals surface area contributed by atoms with Crippen LogP contribution in [0.15, 0.2) is 103 Å². The number of hydrogen-bond acceptors (Lipinski definition) is 4. The van der Waals surface area contributed by atoms with Crippen LogP contribution in [0.25, 0.3) is 0 Å². The summed E-state index contributed by atoms with van der Waals surface area (Å²) in [6.45, 7) is 7.45. The first-order chi connectivity index (χ1) is 17.7. The fourth-order valence-corrected chi connectivity index (χ4v) is 6.92. The summed E-state index contributed by atoms with van der Waals surface area (Å²) in [4.78, 5) is 25.0. The van der Waals surface area contributed by atoms with Crippen molar-refractivity contribution in [3.63, 3.8) is 0 Å². The van der Waals surface area contributed by atoms with Gasteiger partial charge in [-0.2, -0.15) is 0 Å². The molecule has 0 aliphatic carbocycles. The zero-order valence-electron chi connectivity index (χ0n) is 21.7. The van der Waals surface area contributed by atoms with Crippen LogP contribution < -0.4 is 10.6 Å². The molecule has 1 N–H and O–H groups in total. The summed E-state index contributed by atoms with van der Waals surface area (Å²) in [5.41, 5.74) is 3.78. The lowest BCUT2D eigenvalue weighted by atomic mass is 10.0. The normalized spacial score (nSPS) is 11.7. The summed E-state index contributed by atoms with van der Waals surface area (Å²) in [6, 6.07) is 31.1. The van der Waals surface area contributed by atoms with Crippen molar-refractivity contribution in [1.82, 2.24) is 0 Å². The van der Waals surface area contributed by atoms with Gasteiger partial charge in [-0.3, -0.25) is 9.59 Å². The average Bonchev–Trinajstić information content (AvgIpc) is 2.93. The number of Topliss-reactive ketones (excluding diaryl/α,β-unsaturated/α-hetero) is 1. The molecule has 0 saturated heterocycles. The highest BCUT2D eigenvalue weighted by Crippen LogP contribution is 2.47. The molecule has 4 aromatic carbocycles. The molecule has 5 heteroatoms. The molecule has 190 valence electrons. The number of ketones is 1. The summed E-state index contributed by atoms with van der Waals surface area (Å²) in [7, 11) is -3.44. The molecule has 0 saturated carbocycles. The van der Waals surface area contributed by atoms with E-state index in [1.807, 2.05) is 87.5 Å². The molecule has 0 fully saturated rings. The van der Waals surface area contributed by atoms with Gasteiger partial charge < -0.3 is 9.67 Å². The minimum atomic E-state index is -3.44. The Hall–Kier alpha value is -3.59. The van der Waals surface area contributed by atoms with Crippen LogP contribution in [-0.2, 0) is 4.57 Å². The van der Waals surface area contributed by atoms with E-state index in [2.05, 4.69) is 0 Å². The summed E-state index contributed by atoms with van der Waals surface area (Å²) >= 11 is 0. The van der Waals surface area contributed by atoms with E-state index in [0.29, 0.717) is 21.7 Å². The van der Waals surface area contributed by atoms with Gasteiger partial charge >= 0.3 is 0 Å². The van der Waals surface area contributed by atoms with Gasteiger partial charge in [0.2, 0.25) is 12.7 Å². The fourth-order valence-electron chi connectivity index (χ4n) is 4.30. The lowest BCUT2D eigenvalue weighted by Crippen LogP contribution is -2.23. The predicted molar refractivity (Wildman–Crippen MR) is 152 cm³/mol. The number of aliphatic hydroxyl groups is 1. The molecule has 0 spiro atoms. The third-order valence-electron chi connectivity index (χ3n) is 6.20. The Morgan fingerprint density at radius 2 is 1.14 bits per heavy atom. The molecular formula is C32H33O4P. The van der Waals surface area contributed by atoms with Gasteiger partial charge in [-0.05, 0) is 31.9 Å². The van der Waals surface area contributed by atoms with Crippen LogP contribution in [0, 0.1) is 26.7 Å². The van der Waals surface area contributed by atoms with Crippen LogP contribution in [0.2, 0.25) is 0 Å². The molecule has 0 heterocycles. The molecule has 4 aromatic rings. The second-order valence-electron chi connectivity index (χ2n) is 9.17. The Morgan fingerprint density at radius 3 is 1.54 bits per heavy atom. The van der Waals surface area contributed by atoms with Crippen LogP contribution in [-0.4, -0.2) is 23.0 Å². The van der Waals surface area contributed by atoms with Gasteiger partial charge in [-0.25, -0.2) is 0 Å². The Kier molecular flexibility index (Phi) is 9.52. The molecule has 0 aliphatic rings. The molecule has 4 nitrogen and oxygen atoms in total. The summed E-state index contributed by atoms with van der Waals surface area (Å²) in [5.74, 6) is -0.300. The second-order valence-corrected chi connectivity index (χ2v) is 11.8. The minimum absolute atomic E-state index is 0.00176. The Labute approximate surface area is 219 Å². The smallest absolute Gasteiger partial charge is 0.230 e. The summed E-state index contributed by atoms with van der Waals surface area (Å²) in [6.07, 6.45) is 0. The van der Waals surface area contributed by atoms with Crippen LogP contribution in [0.5, 0.6) is 0 Å². The monoisotopic (exact) mass is 512 g/mol. The van der Waals surface area contributed by atoms with Gasteiger partial charge in [-0.15, -0.1) is 0 Å². The van der Waals surface area contributed by atoms with E-state index < -0.39 is 7.14 Å². The average molecular weight is 513 g/mol. The van der Waals surface area contributed by atoms with Crippen LogP contribution in [0.1, 0.15) is 44.3 Å². The van der Waals surface area contributed by atoms with Gasteiger partial charge in [0.25, 0.3) is 0 Å². The second kappa shape index (κ2) is 12.6. The van der Waals surface area contributed by atoms with E-state index in [9.17, 15) is 14.2 Å². The van der Waals surface area contributed by atoms with Crippen molar-refractivity contribution in [2.24, 2.45) is 5.92 Å². The van der Waals surface area contributed by atoms with Gasteiger partial charge in [0.05, 0.1) is 6.61 Å². The number of rotatable bonds is 7. The van der Waals surface area contributed by atoms with Crippen molar-refractivity contribution in [3.8, 4) is 0 Å². The van der Waals surface area contributed by atoms with Gasteiger partial charge in [-0.1, -0.05) is 116 Å². The third kappa shape index (κ3) is 6.40. The van der Waals surface area contributed by atoms with Crippen LogP contribution >= 0.6 is 7.14 Å². The van der Waals surface area contributed by atoms with Crippen molar-refractivity contribution in [2.45, 2.75) is 27.7 Å². The highest BCUT2D eigenvalue weighted by Gasteiger charge is 2.37. The van der Waals surface area contributed by atoms with Crippen molar-refractivity contribution >= 4 is 29.1 Å². The molecule has 0 aliphatic heterocycles. The molecule has 37 heavy (non-hydrogen) atoms. The van der Waals surface area contributed by atoms with Gasteiger partial charge in [0, 0.05) is 27.7 Å². The maximum absolute atomic E-state index is 14.2. The molecule has 0 amide bonds. The molecule has 4 rings (SSSR count). The Balaban J connectivity index is 0.000000266. The van der Waals surface area contributed by atoms with Gasteiger partial charge in [0.15, 0.2) is 5.78 Å².